The van der Waals surface area contributed by atoms with Crippen molar-refractivity contribution in [3.8, 4) is 16.9 Å². The second kappa shape index (κ2) is 6.68. The van der Waals surface area contributed by atoms with E-state index >= 15 is 0 Å². The molecule has 23 heavy (non-hydrogen) atoms. The molecular formula is C16H12F4O3. The number of carboxylic acid groups (broad SMARTS) is 1. The molecule has 2 aromatic carbocycles. The summed E-state index contributed by atoms with van der Waals surface area (Å²) in [4.78, 5) is 11.2. The van der Waals surface area contributed by atoms with Crippen LogP contribution in [0.4, 0.5) is 17.6 Å². The van der Waals surface area contributed by atoms with E-state index in [1.807, 2.05) is 0 Å². The Morgan fingerprint density at radius 2 is 1.70 bits per heavy atom. The maximum atomic E-state index is 13.9. The van der Waals surface area contributed by atoms with Crippen molar-refractivity contribution in [3.05, 3.63) is 53.3 Å². The molecule has 0 radical (unpaired) electrons. The van der Waals surface area contributed by atoms with Crippen LogP contribution in [0.2, 0.25) is 0 Å². The molecule has 1 N–H and O–H groups in total. The highest BCUT2D eigenvalue weighted by atomic mass is 19.3. The van der Waals surface area contributed by atoms with Crippen LogP contribution in [0, 0.1) is 12.7 Å². The van der Waals surface area contributed by atoms with Gasteiger partial charge in [-0.15, -0.1) is 0 Å². The van der Waals surface area contributed by atoms with Crippen LogP contribution >= 0.6 is 0 Å². The molecule has 122 valence electrons. The second-order valence-corrected chi connectivity index (χ2v) is 4.70. The minimum Gasteiger partial charge on any atom is -0.478 e. The van der Waals surface area contributed by atoms with Crippen LogP contribution in [-0.4, -0.2) is 23.9 Å². The first kappa shape index (κ1) is 16.8. The van der Waals surface area contributed by atoms with Crippen molar-refractivity contribution >= 4 is 5.97 Å². The van der Waals surface area contributed by atoms with E-state index in [-0.39, 0.29) is 22.3 Å². The lowest BCUT2D eigenvalue weighted by Gasteiger charge is -2.17. The number of carboxylic acids is 1. The summed E-state index contributed by atoms with van der Waals surface area (Å²) in [6.07, 6.45) is -6.43. The topological polar surface area (TPSA) is 46.5 Å². The predicted molar refractivity (Wildman–Crippen MR) is 75.1 cm³/mol. The molecule has 7 heteroatoms. The number of halogens is 4. The number of hydrogen-bond donors (Lipinski definition) is 1. The van der Waals surface area contributed by atoms with Crippen molar-refractivity contribution in [3.63, 3.8) is 0 Å². The molecule has 0 fully saturated rings. The van der Waals surface area contributed by atoms with Gasteiger partial charge in [-0.05, 0) is 30.2 Å². The van der Waals surface area contributed by atoms with Gasteiger partial charge in [0.15, 0.2) is 11.6 Å². The Morgan fingerprint density at radius 3 is 2.30 bits per heavy atom. The van der Waals surface area contributed by atoms with Crippen molar-refractivity contribution < 1.29 is 32.2 Å². The average Bonchev–Trinajstić information content (AvgIpc) is 2.49. The van der Waals surface area contributed by atoms with E-state index in [2.05, 4.69) is 4.74 Å². The van der Waals surface area contributed by atoms with E-state index in [1.54, 1.807) is 0 Å². The standard InChI is InChI=1S/C16H12F4O3/c1-8-9(4-2-5-10(8)16(21)22)11-6-3-7-12(17)13(11)23-15(20)14(18)19/h2-7,14-15H,1H3,(H,21,22). The molecule has 1 atom stereocenters. The summed E-state index contributed by atoms with van der Waals surface area (Å²) in [6.45, 7) is 1.48. The number of ether oxygens (including phenoxy) is 1. The molecule has 2 aromatic rings. The number of alkyl halides is 3. The van der Waals surface area contributed by atoms with Gasteiger partial charge < -0.3 is 9.84 Å². The minimum absolute atomic E-state index is 0.00565. The summed E-state index contributed by atoms with van der Waals surface area (Å²) in [6, 6.07) is 7.80. The summed E-state index contributed by atoms with van der Waals surface area (Å²) in [5.41, 5.74) is 0.487. The van der Waals surface area contributed by atoms with Crippen molar-refractivity contribution in [2.75, 3.05) is 0 Å². The highest BCUT2D eigenvalue weighted by Gasteiger charge is 2.25. The van der Waals surface area contributed by atoms with Crippen molar-refractivity contribution in [1.82, 2.24) is 0 Å². The van der Waals surface area contributed by atoms with Gasteiger partial charge in [0.1, 0.15) is 0 Å². The van der Waals surface area contributed by atoms with Gasteiger partial charge in [0, 0.05) is 5.56 Å². The van der Waals surface area contributed by atoms with Gasteiger partial charge in [0.05, 0.1) is 5.56 Å². The van der Waals surface area contributed by atoms with Crippen LogP contribution in [0.15, 0.2) is 36.4 Å². The average molecular weight is 328 g/mol. The number of aromatic carboxylic acids is 1. The van der Waals surface area contributed by atoms with E-state index in [0.717, 1.165) is 6.07 Å². The Kier molecular flexibility index (Phi) is 4.88. The third kappa shape index (κ3) is 3.44. The molecule has 1 unspecified atom stereocenters. The monoisotopic (exact) mass is 328 g/mol. The van der Waals surface area contributed by atoms with Crippen LogP contribution in [0.25, 0.3) is 11.1 Å². The van der Waals surface area contributed by atoms with Gasteiger partial charge in [-0.1, -0.05) is 24.3 Å². The number of hydrogen-bond acceptors (Lipinski definition) is 2. The van der Waals surface area contributed by atoms with E-state index in [1.165, 1.54) is 37.3 Å². The first-order chi connectivity index (χ1) is 10.8. The molecule has 0 heterocycles. The molecule has 0 aliphatic rings. The Morgan fingerprint density at radius 1 is 1.09 bits per heavy atom. The lowest BCUT2D eigenvalue weighted by molar-refractivity contribution is -0.0681. The first-order valence-electron chi connectivity index (χ1n) is 6.53. The van der Waals surface area contributed by atoms with Crippen LogP contribution in [-0.2, 0) is 0 Å². The second-order valence-electron chi connectivity index (χ2n) is 4.70. The minimum atomic E-state index is -3.44. The quantitative estimate of drug-likeness (QED) is 0.826. The van der Waals surface area contributed by atoms with Gasteiger partial charge in [0.2, 0.25) is 0 Å². The zero-order valence-electron chi connectivity index (χ0n) is 11.9. The van der Waals surface area contributed by atoms with Crippen molar-refractivity contribution in [1.29, 1.82) is 0 Å². The Hall–Kier alpha value is -2.57. The lowest BCUT2D eigenvalue weighted by Crippen LogP contribution is -2.20. The predicted octanol–water partition coefficient (Wildman–Crippen LogP) is 4.44. The van der Waals surface area contributed by atoms with Crippen LogP contribution < -0.4 is 4.74 Å². The largest absolute Gasteiger partial charge is 0.478 e. The maximum Gasteiger partial charge on any atom is 0.335 e. The zero-order chi connectivity index (χ0) is 17.1. The van der Waals surface area contributed by atoms with Gasteiger partial charge in [0.25, 0.3) is 6.36 Å². The van der Waals surface area contributed by atoms with Gasteiger partial charge in [-0.25, -0.2) is 18.0 Å². The Balaban J connectivity index is 2.59. The molecule has 0 saturated carbocycles. The Bertz CT molecular complexity index is 731. The molecule has 2 rings (SSSR count). The highest BCUT2D eigenvalue weighted by Crippen LogP contribution is 2.36. The van der Waals surface area contributed by atoms with E-state index in [0.29, 0.717) is 0 Å². The molecular weight excluding hydrogens is 316 g/mol. The molecule has 3 nitrogen and oxygen atoms in total. The normalized spacial score (nSPS) is 12.3. The van der Waals surface area contributed by atoms with Crippen LogP contribution in [0.1, 0.15) is 15.9 Å². The molecule has 0 saturated heterocycles. The fourth-order valence-electron chi connectivity index (χ4n) is 2.16. The molecule has 0 amide bonds. The first-order valence-corrected chi connectivity index (χ1v) is 6.53. The number of benzene rings is 2. The Labute approximate surface area is 129 Å². The third-order valence-corrected chi connectivity index (χ3v) is 3.25. The number of carbonyl (C=O) groups is 1. The molecule has 0 aromatic heterocycles. The van der Waals surface area contributed by atoms with Gasteiger partial charge >= 0.3 is 12.4 Å². The van der Waals surface area contributed by atoms with E-state index in [9.17, 15) is 22.4 Å². The molecule has 0 aliphatic carbocycles. The van der Waals surface area contributed by atoms with Crippen LogP contribution in [0.5, 0.6) is 5.75 Å². The smallest absolute Gasteiger partial charge is 0.335 e. The highest BCUT2D eigenvalue weighted by molar-refractivity contribution is 5.92. The van der Waals surface area contributed by atoms with Gasteiger partial charge in [-0.3, -0.25) is 0 Å². The summed E-state index contributed by atoms with van der Waals surface area (Å²) < 4.78 is 56.1. The van der Waals surface area contributed by atoms with Gasteiger partial charge in [-0.2, -0.15) is 4.39 Å². The van der Waals surface area contributed by atoms with E-state index in [4.69, 9.17) is 5.11 Å². The fraction of sp³-hybridized carbons (Fsp3) is 0.188. The van der Waals surface area contributed by atoms with Crippen molar-refractivity contribution in [2.24, 2.45) is 0 Å². The van der Waals surface area contributed by atoms with Crippen LogP contribution in [0.3, 0.4) is 0 Å². The summed E-state index contributed by atoms with van der Waals surface area (Å²) in [7, 11) is 0. The molecule has 0 bridgehead atoms. The number of rotatable bonds is 5. The third-order valence-electron chi connectivity index (χ3n) is 3.25. The molecule has 0 aliphatic heterocycles. The maximum absolute atomic E-state index is 13.9. The van der Waals surface area contributed by atoms with Crippen molar-refractivity contribution in [2.45, 2.75) is 19.7 Å². The summed E-state index contributed by atoms with van der Waals surface area (Å²) in [5.74, 6) is -2.91. The summed E-state index contributed by atoms with van der Waals surface area (Å²) in [5, 5.41) is 9.11. The zero-order valence-corrected chi connectivity index (χ0v) is 11.9. The van der Waals surface area contributed by atoms with E-state index < -0.39 is 30.3 Å². The fourth-order valence-corrected chi connectivity index (χ4v) is 2.16. The molecule has 0 spiro atoms. The SMILES string of the molecule is Cc1c(C(=O)O)cccc1-c1cccc(F)c1OC(F)C(F)F. The summed E-state index contributed by atoms with van der Waals surface area (Å²) >= 11 is 0. The lowest BCUT2D eigenvalue weighted by atomic mass is 9.95. The number of para-hydroxylation sites is 1.